The molecule has 10 nitrogen and oxygen atoms in total. The molecule has 1 saturated heterocycles. The van der Waals surface area contributed by atoms with Gasteiger partial charge in [-0.15, -0.1) is 0 Å². The Bertz CT molecular complexity index is 529. The maximum absolute atomic E-state index is 12.2. The molecule has 0 radical (unpaired) electrons. The molecule has 0 atom stereocenters. The van der Waals surface area contributed by atoms with E-state index in [0.717, 1.165) is 19.3 Å². The standard InChI is InChI=1S/C19H34N4O6/c1-16(24)5-3-2-4-6-20-17(25)13-21-7-9-22(14-18(26)27)11-12-23(10-8-21)15-19(28)29/h2-15H2,1H3,(H,20,25)(H,26,27)(H,28,29). The first-order valence-electron chi connectivity index (χ1n) is 10.1. The van der Waals surface area contributed by atoms with Gasteiger partial charge in [-0.1, -0.05) is 6.42 Å². The summed E-state index contributed by atoms with van der Waals surface area (Å²) in [6.07, 6.45) is 3.10. The van der Waals surface area contributed by atoms with E-state index in [9.17, 15) is 19.2 Å². The number of carbonyl (C=O) groups is 4. The van der Waals surface area contributed by atoms with Crippen LogP contribution in [0.2, 0.25) is 0 Å². The van der Waals surface area contributed by atoms with Gasteiger partial charge in [-0.25, -0.2) is 0 Å². The maximum atomic E-state index is 12.2. The van der Waals surface area contributed by atoms with Gasteiger partial charge in [-0.2, -0.15) is 0 Å². The van der Waals surface area contributed by atoms with Crippen molar-refractivity contribution in [3.8, 4) is 0 Å². The highest BCUT2D eigenvalue weighted by Gasteiger charge is 2.20. The Kier molecular flexibility index (Phi) is 12.1. The highest BCUT2D eigenvalue weighted by atomic mass is 16.4. The van der Waals surface area contributed by atoms with Gasteiger partial charge in [0.05, 0.1) is 19.6 Å². The Balaban J connectivity index is 2.47. The lowest BCUT2D eigenvalue weighted by Gasteiger charge is -2.24. The minimum atomic E-state index is -0.928. The zero-order valence-corrected chi connectivity index (χ0v) is 17.3. The Hall–Kier alpha value is -2.04. The molecule has 0 saturated carbocycles. The van der Waals surface area contributed by atoms with Gasteiger partial charge in [0.2, 0.25) is 5.91 Å². The van der Waals surface area contributed by atoms with Crippen LogP contribution >= 0.6 is 0 Å². The van der Waals surface area contributed by atoms with Crippen molar-refractivity contribution in [1.82, 2.24) is 20.0 Å². The highest BCUT2D eigenvalue weighted by Crippen LogP contribution is 2.02. The smallest absolute Gasteiger partial charge is 0.317 e. The normalized spacial score (nSPS) is 17.1. The van der Waals surface area contributed by atoms with E-state index in [1.165, 1.54) is 0 Å². The van der Waals surface area contributed by atoms with Gasteiger partial charge in [0, 0.05) is 52.2 Å². The lowest BCUT2D eigenvalue weighted by molar-refractivity contribution is -0.140. The van der Waals surface area contributed by atoms with Crippen LogP contribution in [-0.2, 0) is 19.2 Å². The molecule has 1 rings (SSSR count). The zero-order valence-electron chi connectivity index (χ0n) is 17.3. The lowest BCUT2D eigenvalue weighted by Crippen LogP contribution is -2.43. The van der Waals surface area contributed by atoms with Crippen molar-refractivity contribution >= 4 is 23.6 Å². The minimum Gasteiger partial charge on any atom is -0.480 e. The Labute approximate surface area is 171 Å². The molecule has 0 aliphatic carbocycles. The second-order valence-corrected chi connectivity index (χ2v) is 7.48. The topological polar surface area (TPSA) is 130 Å². The fourth-order valence-corrected chi connectivity index (χ4v) is 3.20. The van der Waals surface area contributed by atoms with Crippen molar-refractivity contribution in [3.05, 3.63) is 0 Å². The predicted octanol–water partition coefficient (Wildman–Crippen LogP) is -0.659. The average molecular weight is 415 g/mol. The van der Waals surface area contributed by atoms with Crippen LogP contribution in [0.4, 0.5) is 0 Å². The summed E-state index contributed by atoms with van der Waals surface area (Å²) in [5.41, 5.74) is 0. The molecule has 0 aromatic heterocycles. The first-order valence-corrected chi connectivity index (χ1v) is 10.1. The number of rotatable bonds is 12. The van der Waals surface area contributed by atoms with Crippen molar-refractivity contribution < 1.29 is 29.4 Å². The average Bonchev–Trinajstić information content (AvgIpc) is 2.70. The van der Waals surface area contributed by atoms with Crippen LogP contribution < -0.4 is 5.32 Å². The molecular weight excluding hydrogens is 380 g/mol. The van der Waals surface area contributed by atoms with Crippen molar-refractivity contribution in [2.45, 2.75) is 32.6 Å². The van der Waals surface area contributed by atoms with Gasteiger partial charge in [0.25, 0.3) is 0 Å². The van der Waals surface area contributed by atoms with Gasteiger partial charge in [0.15, 0.2) is 0 Å². The largest absolute Gasteiger partial charge is 0.480 e. The van der Waals surface area contributed by atoms with E-state index in [-0.39, 0.29) is 31.3 Å². The molecule has 1 fully saturated rings. The quantitative estimate of drug-likeness (QED) is 0.356. The number of nitrogens with zero attached hydrogens (tertiary/aromatic N) is 3. The van der Waals surface area contributed by atoms with Crippen LogP contribution in [0.15, 0.2) is 0 Å². The van der Waals surface area contributed by atoms with E-state index in [1.54, 1.807) is 16.7 Å². The van der Waals surface area contributed by atoms with E-state index in [1.807, 2.05) is 4.90 Å². The Morgan fingerprint density at radius 1 is 0.724 bits per heavy atom. The van der Waals surface area contributed by atoms with Gasteiger partial charge in [0.1, 0.15) is 5.78 Å². The molecule has 1 aliphatic heterocycles. The molecule has 29 heavy (non-hydrogen) atoms. The number of unbranched alkanes of at least 4 members (excludes halogenated alkanes) is 2. The van der Waals surface area contributed by atoms with Gasteiger partial charge in [-0.05, 0) is 19.8 Å². The van der Waals surface area contributed by atoms with Crippen LogP contribution in [-0.4, -0.2) is 114 Å². The zero-order chi connectivity index (χ0) is 21.6. The van der Waals surface area contributed by atoms with Crippen LogP contribution in [0.25, 0.3) is 0 Å². The second kappa shape index (κ2) is 14.0. The number of amides is 1. The second-order valence-electron chi connectivity index (χ2n) is 7.48. The molecule has 0 unspecified atom stereocenters. The molecular formula is C19H34N4O6. The fraction of sp³-hybridized carbons (Fsp3) is 0.789. The first-order chi connectivity index (χ1) is 13.8. The third kappa shape index (κ3) is 12.9. The van der Waals surface area contributed by atoms with Crippen LogP contribution in [0.1, 0.15) is 32.6 Å². The van der Waals surface area contributed by atoms with E-state index in [2.05, 4.69) is 5.32 Å². The molecule has 3 N–H and O–H groups in total. The number of hydrogen-bond acceptors (Lipinski definition) is 7. The summed E-state index contributed by atoms with van der Waals surface area (Å²) in [4.78, 5) is 50.7. The van der Waals surface area contributed by atoms with Crippen molar-refractivity contribution in [2.75, 3.05) is 65.4 Å². The fourth-order valence-electron chi connectivity index (χ4n) is 3.20. The monoisotopic (exact) mass is 414 g/mol. The number of hydrogen-bond donors (Lipinski definition) is 3. The number of aliphatic carboxylic acids is 2. The number of ketones is 1. The summed E-state index contributed by atoms with van der Waals surface area (Å²) < 4.78 is 0. The van der Waals surface area contributed by atoms with Crippen LogP contribution in [0.3, 0.4) is 0 Å². The van der Waals surface area contributed by atoms with Gasteiger partial charge < -0.3 is 20.3 Å². The van der Waals surface area contributed by atoms with E-state index in [4.69, 9.17) is 10.2 Å². The third-order valence-corrected chi connectivity index (χ3v) is 4.81. The molecule has 0 bridgehead atoms. The summed E-state index contributed by atoms with van der Waals surface area (Å²) in [5, 5.41) is 21.0. The SMILES string of the molecule is CC(=O)CCCCCNC(=O)CN1CCN(CC(=O)O)CCN(CC(=O)O)CC1. The molecule has 1 amide bonds. The minimum absolute atomic E-state index is 0.106. The number of Topliss-reactive ketones (excluding diaryl/α,β-unsaturated/α-hetero) is 1. The third-order valence-electron chi connectivity index (χ3n) is 4.81. The van der Waals surface area contributed by atoms with Crippen molar-refractivity contribution in [3.63, 3.8) is 0 Å². The molecule has 1 aliphatic rings. The molecule has 0 aromatic rings. The van der Waals surface area contributed by atoms with Crippen LogP contribution in [0, 0.1) is 0 Å². The van der Waals surface area contributed by atoms with E-state index in [0.29, 0.717) is 52.2 Å². The summed E-state index contributed by atoms with van der Waals surface area (Å²) in [6, 6.07) is 0. The summed E-state index contributed by atoms with van der Waals surface area (Å²) in [5.74, 6) is -1.78. The summed E-state index contributed by atoms with van der Waals surface area (Å²) in [7, 11) is 0. The molecule has 10 heteroatoms. The number of carbonyl (C=O) groups excluding carboxylic acids is 2. The Morgan fingerprint density at radius 2 is 1.17 bits per heavy atom. The summed E-state index contributed by atoms with van der Waals surface area (Å²) in [6.45, 7) is 5.14. The predicted molar refractivity (Wildman–Crippen MR) is 107 cm³/mol. The van der Waals surface area contributed by atoms with E-state index >= 15 is 0 Å². The van der Waals surface area contributed by atoms with Gasteiger partial charge in [-0.3, -0.25) is 29.1 Å². The lowest BCUT2D eigenvalue weighted by atomic mass is 10.1. The molecule has 166 valence electrons. The van der Waals surface area contributed by atoms with E-state index < -0.39 is 11.9 Å². The highest BCUT2D eigenvalue weighted by molar-refractivity contribution is 5.78. The molecule has 1 heterocycles. The molecule has 0 spiro atoms. The van der Waals surface area contributed by atoms with Crippen molar-refractivity contribution in [2.24, 2.45) is 0 Å². The number of carboxylic acid groups (broad SMARTS) is 2. The number of carboxylic acids is 2. The van der Waals surface area contributed by atoms with Crippen molar-refractivity contribution in [1.29, 1.82) is 0 Å². The first kappa shape index (κ1) is 25.0. The van der Waals surface area contributed by atoms with Crippen LogP contribution in [0.5, 0.6) is 0 Å². The number of nitrogens with one attached hydrogen (secondary N) is 1. The maximum Gasteiger partial charge on any atom is 0.317 e. The Morgan fingerprint density at radius 3 is 1.59 bits per heavy atom. The van der Waals surface area contributed by atoms with Gasteiger partial charge >= 0.3 is 11.9 Å². The summed E-state index contributed by atoms with van der Waals surface area (Å²) >= 11 is 0. The molecule has 0 aromatic carbocycles.